The summed E-state index contributed by atoms with van der Waals surface area (Å²) in [6.45, 7) is 8.69. The normalized spacial score (nSPS) is 15.8. The summed E-state index contributed by atoms with van der Waals surface area (Å²) >= 11 is 0. The number of piperidine rings is 1. The molecule has 0 unspecified atom stereocenters. The Hall–Kier alpha value is -1.38. The van der Waals surface area contributed by atoms with E-state index in [1.807, 2.05) is 0 Å². The predicted molar refractivity (Wildman–Crippen MR) is 80.5 cm³/mol. The molecule has 18 heavy (non-hydrogen) atoms. The highest BCUT2D eigenvalue weighted by Crippen LogP contribution is 2.29. The second-order valence-corrected chi connectivity index (χ2v) is 4.96. The van der Waals surface area contributed by atoms with Crippen LogP contribution in [-0.2, 0) is 0 Å². The molecule has 100 valence electrons. The molecule has 2 N–H and O–H groups in total. The van der Waals surface area contributed by atoms with Crippen LogP contribution in [0.4, 0.5) is 17.1 Å². The Morgan fingerprint density at radius 2 is 1.78 bits per heavy atom. The number of nitrogens with zero attached hydrogens (tertiary/aromatic N) is 2. The molecular formula is C15H25N3. The third-order valence-electron chi connectivity index (χ3n) is 3.84. The zero-order chi connectivity index (χ0) is 13.0. The Morgan fingerprint density at radius 1 is 1.11 bits per heavy atom. The molecule has 1 saturated heterocycles. The monoisotopic (exact) mass is 247 g/mol. The summed E-state index contributed by atoms with van der Waals surface area (Å²) in [5, 5.41) is 0. The molecule has 1 aliphatic heterocycles. The van der Waals surface area contributed by atoms with Crippen molar-refractivity contribution in [2.45, 2.75) is 33.1 Å². The largest absolute Gasteiger partial charge is 0.397 e. The first-order valence-corrected chi connectivity index (χ1v) is 7.15. The summed E-state index contributed by atoms with van der Waals surface area (Å²) < 4.78 is 0. The van der Waals surface area contributed by atoms with Crippen molar-refractivity contribution in [3.63, 3.8) is 0 Å². The van der Waals surface area contributed by atoms with E-state index in [-0.39, 0.29) is 0 Å². The number of hydrogen-bond acceptors (Lipinski definition) is 3. The molecule has 0 amide bonds. The van der Waals surface area contributed by atoms with Gasteiger partial charge in [0.25, 0.3) is 0 Å². The molecule has 0 atom stereocenters. The van der Waals surface area contributed by atoms with Gasteiger partial charge in [0.05, 0.1) is 11.4 Å². The molecule has 1 fully saturated rings. The van der Waals surface area contributed by atoms with Crippen molar-refractivity contribution >= 4 is 17.1 Å². The van der Waals surface area contributed by atoms with Crippen molar-refractivity contribution in [2.24, 2.45) is 0 Å². The van der Waals surface area contributed by atoms with Crippen molar-refractivity contribution in [1.29, 1.82) is 0 Å². The van der Waals surface area contributed by atoms with Gasteiger partial charge in [-0.15, -0.1) is 0 Å². The van der Waals surface area contributed by atoms with Crippen LogP contribution < -0.4 is 15.5 Å². The van der Waals surface area contributed by atoms with Crippen LogP contribution in [-0.4, -0.2) is 26.2 Å². The molecule has 0 spiro atoms. The molecule has 0 aromatic heterocycles. The summed E-state index contributed by atoms with van der Waals surface area (Å²) in [6, 6.07) is 6.53. The highest BCUT2D eigenvalue weighted by Gasteiger charge is 2.13. The van der Waals surface area contributed by atoms with Crippen LogP contribution in [0.1, 0.15) is 33.1 Å². The summed E-state index contributed by atoms with van der Waals surface area (Å²) in [6.07, 6.45) is 3.97. The van der Waals surface area contributed by atoms with Crippen LogP contribution in [0.25, 0.3) is 0 Å². The van der Waals surface area contributed by atoms with Gasteiger partial charge in [0, 0.05) is 31.9 Å². The second-order valence-electron chi connectivity index (χ2n) is 4.96. The lowest BCUT2D eigenvalue weighted by Gasteiger charge is -2.30. The number of nitrogen functional groups attached to an aromatic ring is 1. The minimum absolute atomic E-state index is 0.904. The van der Waals surface area contributed by atoms with Crippen molar-refractivity contribution in [3.05, 3.63) is 18.2 Å². The van der Waals surface area contributed by atoms with E-state index in [1.165, 1.54) is 43.7 Å². The fourth-order valence-corrected chi connectivity index (χ4v) is 2.74. The fraction of sp³-hybridized carbons (Fsp3) is 0.600. The van der Waals surface area contributed by atoms with E-state index in [1.54, 1.807) is 0 Å². The molecule has 3 heteroatoms. The smallest absolute Gasteiger partial charge is 0.0601 e. The summed E-state index contributed by atoms with van der Waals surface area (Å²) in [5.41, 5.74) is 9.56. The maximum Gasteiger partial charge on any atom is 0.0601 e. The second kappa shape index (κ2) is 5.98. The van der Waals surface area contributed by atoms with Gasteiger partial charge < -0.3 is 15.5 Å². The fourth-order valence-electron chi connectivity index (χ4n) is 2.74. The zero-order valence-electron chi connectivity index (χ0n) is 11.7. The van der Waals surface area contributed by atoms with E-state index < -0.39 is 0 Å². The Labute approximate surface area is 111 Å². The average Bonchev–Trinajstić information content (AvgIpc) is 2.43. The molecule has 2 rings (SSSR count). The van der Waals surface area contributed by atoms with Gasteiger partial charge in [0.15, 0.2) is 0 Å². The molecule has 1 aliphatic rings. The molecule has 1 aromatic rings. The quantitative estimate of drug-likeness (QED) is 0.830. The first kappa shape index (κ1) is 13.1. The van der Waals surface area contributed by atoms with Crippen molar-refractivity contribution < 1.29 is 0 Å². The van der Waals surface area contributed by atoms with E-state index in [0.717, 1.165) is 18.8 Å². The predicted octanol–water partition coefficient (Wildman–Crippen LogP) is 3.11. The maximum absolute atomic E-state index is 6.21. The Bertz CT molecular complexity index is 379. The van der Waals surface area contributed by atoms with Gasteiger partial charge in [-0.3, -0.25) is 0 Å². The van der Waals surface area contributed by atoms with Crippen LogP contribution in [0.3, 0.4) is 0 Å². The highest BCUT2D eigenvalue weighted by atomic mass is 15.1. The highest BCUT2D eigenvalue weighted by molar-refractivity contribution is 5.73. The molecule has 0 bridgehead atoms. The Morgan fingerprint density at radius 3 is 2.33 bits per heavy atom. The van der Waals surface area contributed by atoms with Gasteiger partial charge in [-0.1, -0.05) is 0 Å². The third kappa shape index (κ3) is 2.71. The SMILES string of the molecule is CCN(CC)c1ccc(N2CCCCC2)cc1N. The molecule has 3 nitrogen and oxygen atoms in total. The maximum atomic E-state index is 6.21. The van der Waals surface area contributed by atoms with Crippen molar-refractivity contribution in [2.75, 3.05) is 41.7 Å². The Kier molecular flexibility index (Phi) is 4.34. The standard InChI is InChI=1S/C15H25N3/c1-3-17(4-2)15-9-8-13(12-14(15)16)18-10-6-5-7-11-18/h8-9,12H,3-7,10-11,16H2,1-2H3. The van der Waals surface area contributed by atoms with E-state index in [4.69, 9.17) is 5.73 Å². The van der Waals surface area contributed by atoms with Crippen LogP contribution in [0.2, 0.25) is 0 Å². The minimum atomic E-state index is 0.904. The molecule has 1 heterocycles. The number of benzene rings is 1. The summed E-state index contributed by atoms with van der Waals surface area (Å²) in [5.74, 6) is 0. The lowest BCUT2D eigenvalue weighted by Crippen LogP contribution is -2.29. The van der Waals surface area contributed by atoms with E-state index >= 15 is 0 Å². The number of anilines is 3. The van der Waals surface area contributed by atoms with Gasteiger partial charge >= 0.3 is 0 Å². The van der Waals surface area contributed by atoms with Crippen LogP contribution in [0.5, 0.6) is 0 Å². The molecule has 0 aliphatic carbocycles. The van der Waals surface area contributed by atoms with Gasteiger partial charge in [0.1, 0.15) is 0 Å². The average molecular weight is 247 g/mol. The van der Waals surface area contributed by atoms with Crippen LogP contribution >= 0.6 is 0 Å². The molecule has 0 radical (unpaired) electrons. The van der Waals surface area contributed by atoms with Gasteiger partial charge in [-0.05, 0) is 51.3 Å². The van der Waals surface area contributed by atoms with E-state index in [0.29, 0.717) is 0 Å². The summed E-state index contributed by atoms with van der Waals surface area (Å²) in [7, 11) is 0. The molecule has 0 saturated carbocycles. The number of nitrogens with two attached hydrogens (primary N) is 1. The first-order valence-electron chi connectivity index (χ1n) is 7.15. The van der Waals surface area contributed by atoms with Crippen molar-refractivity contribution in [3.8, 4) is 0 Å². The lowest BCUT2D eigenvalue weighted by molar-refractivity contribution is 0.578. The van der Waals surface area contributed by atoms with Crippen LogP contribution in [0, 0.1) is 0 Å². The van der Waals surface area contributed by atoms with Gasteiger partial charge in [0.2, 0.25) is 0 Å². The third-order valence-corrected chi connectivity index (χ3v) is 3.84. The van der Waals surface area contributed by atoms with E-state index in [2.05, 4.69) is 41.8 Å². The Balaban J connectivity index is 2.18. The van der Waals surface area contributed by atoms with E-state index in [9.17, 15) is 0 Å². The number of rotatable bonds is 4. The van der Waals surface area contributed by atoms with Crippen molar-refractivity contribution in [1.82, 2.24) is 0 Å². The topological polar surface area (TPSA) is 32.5 Å². The molecule has 1 aromatic carbocycles. The minimum Gasteiger partial charge on any atom is -0.397 e. The first-order chi connectivity index (χ1) is 8.76. The number of hydrogen-bond donors (Lipinski definition) is 1. The van der Waals surface area contributed by atoms with Gasteiger partial charge in [-0.2, -0.15) is 0 Å². The zero-order valence-corrected chi connectivity index (χ0v) is 11.7. The molecular weight excluding hydrogens is 222 g/mol. The van der Waals surface area contributed by atoms with Crippen LogP contribution in [0.15, 0.2) is 18.2 Å². The summed E-state index contributed by atoms with van der Waals surface area (Å²) in [4.78, 5) is 4.75. The lowest BCUT2D eigenvalue weighted by atomic mass is 10.1. The van der Waals surface area contributed by atoms with Gasteiger partial charge in [-0.25, -0.2) is 0 Å².